The fourth-order valence-electron chi connectivity index (χ4n) is 2.74. The number of para-hydroxylation sites is 1. The summed E-state index contributed by atoms with van der Waals surface area (Å²) in [6.45, 7) is 2.29. The molecule has 0 amide bonds. The minimum Gasteiger partial charge on any atom is -0.352 e. The average molecular weight is 301 g/mol. The van der Waals surface area contributed by atoms with E-state index in [1.165, 1.54) is 0 Å². The number of pyridine rings is 1. The molecule has 1 aliphatic rings. The number of aromatic nitrogens is 1. The predicted octanol–water partition coefficient (Wildman–Crippen LogP) is 1.73. The highest BCUT2D eigenvalue weighted by Gasteiger charge is 2.29. The van der Waals surface area contributed by atoms with Crippen LogP contribution in [0.2, 0.25) is 0 Å². The van der Waals surface area contributed by atoms with Crippen molar-refractivity contribution in [1.29, 1.82) is 5.26 Å². The van der Waals surface area contributed by atoms with Gasteiger partial charge in [-0.15, -0.1) is 0 Å². The van der Waals surface area contributed by atoms with Gasteiger partial charge in [0.2, 0.25) is 0 Å². The Hall–Kier alpha value is -2.13. The highest BCUT2D eigenvalue weighted by molar-refractivity contribution is 7.91. The van der Waals surface area contributed by atoms with Gasteiger partial charge in [-0.05, 0) is 19.1 Å². The van der Waals surface area contributed by atoms with Crippen LogP contribution in [0, 0.1) is 11.3 Å². The van der Waals surface area contributed by atoms with Crippen molar-refractivity contribution in [2.75, 3.05) is 23.0 Å². The van der Waals surface area contributed by atoms with E-state index in [2.05, 4.69) is 11.1 Å². The zero-order chi connectivity index (χ0) is 15.0. The van der Waals surface area contributed by atoms with Crippen LogP contribution in [0.25, 0.3) is 10.9 Å². The first-order chi connectivity index (χ1) is 10.00. The third kappa shape index (κ3) is 2.57. The first-order valence-electron chi connectivity index (χ1n) is 6.77. The summed E-state index contributed by atoms with van der Waals surface area (Å²) in [5, 5.41) is 10.1. The zero-order valence-electron chi connectivity index (χ0n) is 11.7. The van der Waals surface area contributed by atoms with Crippen molar-refractivity contribution in [3.05, 3.63) is 35.9 Å². The molecule has 1 unspecified atom stereocenters. The Balaban J connectivity index is 2.07. The summed E-state index contributed by atoms with van der Waals surface area (Å²) in [5.74, 6) is 0.935. The molecule has 2 aromatic rings. The first kappa shape index (κ1) is 13.8. The molecule has 6 heteroatoms. The Kier molecular flexibility index (Phi) is 3.30. The molecule has 0 N–H and O–H groups in total. The largest absolute Gasteiger partial charge is 0.352 e. The molecule has 21 heavy (non-hydrogen) atoms. The van der Waals surface area contributed by atoms with Gasteiger partial charge < -0.3 is 4.90 Å². The minimum atomic E-state index is -2.97. The Morgan fingerprint density at radius 3 is 2.86 bits per heavy atom. The van der Waals surface area contributed by atoms with Gasteiger partial charge in [-0.2, -0.15) is 5.26 Å². The third-order valence-electron chi connectivity index (χ3n) is 3.79. The topological polar surface area (TPSA) is 74.1 Å². The van der Waals surface area contributed by atoms with Gasteiger partial charge in [0.15, 0.2) is 9.84 Å². The lowest BCUT2D eigenvalue weighted by Gasteiger charge is -2.34. The van der Waals surface area contributed by atoms with E-state index in [0.29, 0.717) is 17.9 Å². The summed E-state index contributed by atoms with van der Waals surface area (Å²) in [6.07, 6.45) is 0. The molecule has 1 saturated heterocycles. The summed E-state index contributed by atoms with van der Waals surface area (Å²) in [7, 11) is -2.97. The molecule has 0 spiro atoms. The van der Waals surface area contributed by atoms with Gasteiger partial charge in [0.05, 0.1) is 28.7 Å². The van der Waals surface area contributed by atoms with Gasteiger partial charge in [-0.3, -0.25) is 0 Å². The molecule has 1 fully saturated rings. The third-order valence-corrected chi connectivity index (χ3v) is 5.58. The lowest BCUT2D eigenvalue weighted by Crippen LogP contribution is -2.47. The average Bonchev–Trinajstić information content (AvgIpc) is 2.45. The molecule has 0 saturated carbocycles. The van der Waals surface area contributed by atoms with Crippen LogP contribution in [-0.4, -0.2) is 37.5 Å². The Bertz CT molecular complexity index is 840. The van der Waals surface area contributed by atoms with Crippen LogP contribution in [-0.2, 0) is 9.84 Å². The van der Waals surface area contributed by atoms with E-state index >= 15 is 0 Å². The zero-order valence-corrected chi connectivity index (χ0v) is 12.5. The molecule has 0 bridgehead atoms. The second-order valence-corrected chi connectivity index (χ2v) is 7.54. The summed E-state index contributed by atoms with van der Waals surface area (Å²) in [6, 6.07) is 11.3. The summed E-state index contributed by atoms with van der Waals surface area (Å²) in [5.41, 5.74) is 1.32. The van der Waals surface area contributed by atoms with Crippen molar-refractivity contribution < 1.29 is 8.42 Å². The standard InChI is InChI=1S/C15H15N3O2S/c1-11-10-21(19,20)7-6-18(11)15-8-12(9-16)13-4-2-3-5-14(13)17-15/h2-5,8,11H,6-7,10H2,1H3. The van der Waals surface area contributed by atoms with Crippen LogP contribution in [0.4, 0.5) is 5.82 Å². The number of rotatable bonds is 1. The van der Waals surface area contributed by atoms with E-state index in [9.17, 15) is 13.7 Å². The van der Waals surface area contributed by atoms with E-state index < -0.39 is 9.84 Å². The van der Waals surface area contributed by atoms with Gasteiger partial charge in [0, 0.05) is 18.0 Å². The molecule has 1 aliphatic heterocycles. The van der Waals surface area contributed by atoms with Gasteiger partial charge in [-0.25, -0.2) is 13.4 Å². The molecular formula is C15H15N3O2S. The van der Waals surface area contributed by atoms with Crippen molar-refractivity contribution in [2.45, 2.75) is 13.0 Å². The van der Waals surface area contributed by atoms with Crippen molar-refractivity contribution >= 4 is 26.6 Å². The number of fused-ring (bicyclic) bond motifs is 1. The number of nitriles is 1. The van der Waals surface area contributed by atoms with Crippen LogP contribution >= 0.6 is 0 Å². The molecule has 108 valence electrons. The number of hydrogen-bond donors (Lipinski definition) is 0. The van der Waals surface area contributed by atoms with Gasteiger partial charge in [0.25, 0.3) is 0 Å². The SMILES string of the molecule is CC1CS(=O)(=O)CCN1c1cc(C#N)c2ccccc2n1. The van der Waals surface area contributed by atoms with Crippen molar-refractivity contribution in [3.8, 4) is 6.07 Å². The van der Waals surface area contributed by atoms with Crippen LogP contribution in [0.5, 0.6) is 0 Å². The second kappa shape index (κ2) is 5.01. The Morgan fingerprint density at radius 1 is 1.38 bits per heavy atom. The maximum atomic E-state index is 11.7. The maximum Gasteiger partial charge on any atom is 0.154 e. The fourth-order valence-corrected chi connectivity index (χ4v) is 4.30. The minimum absolute atomic E-state index is 0.128. The molecule has 0 aliphatic carbocycles. The monoisotopic (exact) mass is 301 g/mol. The Labute approximate surface area is 123 Å². The summed E-state index contributed by atoms with van der Waals surface area (Å²) < 4.78 is 23.3. The van der Waals surface area contributed by atoms with E-state index in [-0.39, 0.29) is 17.5 Å². The number of sulfone groups is 1. The summed E-state index contributed by atoms with van der Waals surface area (Å²) in [4.78, 5) is 6.55. The molecule has 1 atom stereocenters. The van der Waals surface area contributed by atoms with Crippen LogP contribution in [0.3, 0.4) is 0 Å². The van der Waals surface area contributed by atoms with Crippen molar-refractivity contribution in [3.63, 3.8) is 0 Å². The summed E-state index contributed by atoms with van der Waals surface area (Å²) >= 11 is 0. The lowest BCUT2D eigenvalue weighted by molar-refractivity contribution is 0.567. The van der Waals surface area contributed by atoms with Gasteiger partial charge in [-0.1, -0.05) is 18.2 Å². The number of anilines is 1. The van der Waals surface area contributed by atoms with Crippen LogP contribution < -0.4 is 4.90 Å². The molecule has 3 rings (SSSR count). The van der Waals surface area contributed by atoms with Gasteiger partial charge >= 0.3 is 0 Å². The number of nitrogens with zero attached hydrogens (tertiary/aromatic N) is 3. The van der Waals surface area contributed by atoms with Crippen LogP contribution in [0.1, 0.15) is 12.5 Å². The smallest absolute Gasteiger partial charge is 0.154 e. The molecular weight excluding hydrogens is 286 g/mol. The van der Waals surface area contributed by atoms with E-state index in [0.717, 1.165) is 10.9 Å². The first-order valence-corrected chi connectivity index (χ1v) is 8.59. The Morgan fingerprint density at radius 2 is 2.14 bits per heavy atom. The molecule has 2 heterocycles. The van der Waals surface area contributed by atoms with Crippen molar-refractivity contribution in [2.24, 2.45) is 0 Å². The second-order valence-electron chi connectivity index (χ2n) is 5.31. The molecule has 5 nitrogen and oxygen atoms in total. The number of benzene rings is 1. The normalized spacial score (nSPS) is 21.1. The molecule has 0 radical (unpaired) electrons. The highest BCUT2D eigenvalue weighted by atomic mass is 32.2. The van der Waals surface area contributed by atoms with E-state index in [4.69, 9.17) is 0 Å². The fraction of sp³-hybridized carbons (Fsp3) is 0.333. The highest BCUT2D eigenvalue weighted by Crippen LogP contribution is 2.25. The van der Waals surface area contributed by atoms with E-state index in [1.54, 1.807) is 6.07 Å². The lowest BCUT2D eigenvalue weighted by atomic mass is 10.1. The predicted molar refractivity (Wildman–Crippen MR) is 81.9 cm³/mol. The quantitative estimate of drug-likeness (QED) is 0.802. The van der Waals surface area contributed by atoms with Gasteiger partial charge in [0.1, 0.15) is 5.82 Å². The molecule has 1 aromatic heterocycles. The van der Waals surface area contributed by atoms with E-state index in [1.807, 2.05) is 36.1 Å². The number of hydrogen-bond acceptors (Lipinski definition) is 5. The maximum absolute atomic E-state index is 11.7. The van der Waals surface area contributed by atoms with Crippen molar-refractivity contribution in [1.82, 2.24) is 4.98 Å². The van der Waals surface area contributed by atoms with Crippen LogP contribution in [0.15, 0.2) is 30.3 Å². The molecule has 1 aromatic carbocycles.